The highest BCUT2D eigenvalue weighted by molar-refractivity contribution is 6.63. The third-order valence-electron chi connectivity index (χ3n) is 5.70. The minimum Gasteiger partial charge on any atom is -0.399 e. The zero-order valence-corrected chi connectivity index (χ0v) is 19.7. The number of nitrogens with zero attached hydrogens (tertiary/aromatic N) is 2. The van der Waals surface area contributed by atoms with Gasteiger partial charge in [-0.3, -0.25) is 9.59 Å². The maximum absolute atomic E-state index is 13.2. The first-order valence-electron chi connectivity index (χ1n) is 9.74. The van der Waals surface area contributed by atoms with Gasteiger partial charge in [0.25, 0.3) is 5.56 Å². The van der Waals surface area contributed by atoms with E-state index in [-0.39, 0.29) is 38.6 Å². The predicted octanol–water partition coefficient (Wildman–Crippen LogP) is 3.97. The monoisotopic (exact) mass is 450 g/mol. The van der Waals surface area contributed by atoms with E-state index in [1.807, 2.05) is 41.5 Å². The van der Waals surface area contributed by atoms with Gasteiger partial charge >= 0.3 is 7.12 Å². The van der Waals surface area contributed by atoms with Crippen molar-refractivity contribution in [3.8, 4) is 0 Å². The van der Waals surface area contributed by atoms with E-state index in [9.17, 15) is 9.59 Å². The summed E-state index contributed by atoms with van der Waals surface area (Å²) in [4.78, 5) is 29.6. The number of rotatable bonds is 4. The molecule has 0 saturated carbocycles. The van der Waals surface area contributed by atoms with Gasteiger partial charge in [0.2, 0.25) is 5.78 Å². The molecule has 6 nitrogen and oxygen atoms in total. The molecule has 0 amide bonds. The second-order valence-corrected chi connectivity index (χ2v) is 9.61. The smallest absolute Gasteiger partial charge is 0.399 e. The van der Waals surface area contributed by atoms with E-state index in [1.54, 1.807) is 19.1 Å². The molecule has 1 fully saturated rings. The molecule has 30 heavy (non-hydrogen) atoms. The Morgan fingerprint density at radius 2 is 1.60 bits per heavy atom. The number of hydrogen-bond acceptors (Lipinski definition) is 5. The van der Waals surface area contributed by atoms with Gasteiger partial charge in [-0.05, 0) is 66.1 Å². The van der Waals surface area contributed by atoms with Crippen LogP contribution in [0.5, 0.6) is 0 Å². The molecule has 1 saturated heterocycles. The van der Waals surface area contributed by atoms with Crippen LogP contribution in [0.25, 0.3) is 0 Å². The Morgan fingerprint density at radius 3 is 2.07 bits per heavy atom. The summed E-state index contributed by atoms with van der Waals surface area (Å²) in [5.74, 6) is -0.456. The molecule has 0 radical (unpaired) electrons. The number of aromatic nitrogens is 2. The predicted molar refractivity (Wildman–Crippen MR) is 119 cm³/mol. The number of aryl methyl sites for hydroxylation is 1. The Balaban J connectivity index is 2.01. The summed E-state index contributed by atoms with van der Waals surface area (Å²) < 4.78 is 13.6. The van der Waals surface area contributed by atoms with Crippen molar-refractivity contribution in [2.24, 2.45) is 0 Å². The standard InChI is InChI=1S/C21H25BCl2N2O4/c1-11(2)26-10-16(25-12(3)19(26)28)18(27)17-14(23)8-13(9-15(17)24)22-29-20(4,5)21(6,7)30-22/h8-11H,1-7H3. The molecule has 2 heterocycles. The number of hydrogen-bond donors (Lipinski definition) is 0. The van der Waals surface area contributed by atoms with Crippen molar-refractivity contribution in [1.29, 1.82) is 0 Å². The fourth-order valence-corrected chi connectivity index (χ4v) is 3.86. The van der Waals surface area contributed by atoms with Crippen LogP contribution in [0.15, 0.2) is 23.1 Å². The molecule has 1 aromatic carbocycles. The molecule has 2 aromatic rings. The average Bonchev–Trinajstić information content (AvgIpc) is 2.83. The van der Waals surface area contributed by atoms with Crippen LogP contribution in [0.3, 0.4) is 0 Å². The number of carbonyl (C=O) groups excluding carboxylic acids is 1. The molecule has 1 aliphatic rings. The molecule has 0 N–H and O–H groups in total. The highest BCUT2D eigenvalue weighted by atomic mass is 35.5. The molecule has 0 unspecified atom stereocenters. The summed E-state index contributed by atoms with van der Waals surface area (Å²) in [5, 5.41) is 0.331. The Morgan fingerprint density at radius 1 is 1.10 bits per heavy atom. The second kappa shape index (κ2) is 7.79. The third kappa shape index (κ3) is 3.96. The molecule has 0 aliphatic carbocycles. The zero-order chi connectivity index (χ0) is 22.6. The van der Waals surface area contributed by atoms with Crippen LogP contribution in [-0.4, -0.2) is 33.7 Å². The topological polar surface area (TPSA) is 70.4 Å². The number of carbonyl (C=O) groups is 1. The first-order valence-corrected chi connectivity index (χ1v) is 10.5. The summed E-state index contributed by atoms with van der Waals surface area (Å²) in [6, 6.07) is 3.12. The molecule has 0 spiro atoms. The zero-order valence-electron chi connectivity index (χ0n) is 18.2. The van der Waals surface area contributed by atoms with Crippen LogP contribution in [0.1, 0.15) is 69.3 Å². The molecule has 160 valence electrons. The maximum Gasteiger partial charge on any atom is 0.494 e. The first-order chi connectivity index (χ1) is 13.7. The Kier molecular flexibility index (Phi) is 5.97. The van der Waals surface area contributed by atoms with Crippen molar-refractivity contribution in [3.63, 3.8) is 0 Å². The van der Waals surface area contributed by atoms with Crippen LogP contribution in [0, 0.1) is 6.92 Å². The summed E-state index contributed by atoms with van der Waals surface area (Å²) in [6.45, 7) is 13.1. The number of halogens is 2. The number of ketones is 1. The lowest BCUT2D eigenvalue weighted by molar-refractivity contribution is 0.00578. The van der Waals surface area contributed by atoms with Crippen LogP contribution in [0.4, 0.5) is 0 Å². The van der Waals surface area contributed by atoms with Crippen LogP contribution >= 0.6 is 23.2 Å². The van der Waals surface area contributed by atoms with Gasteiger partial charge in [-0.2, -0.15) is 0 Å². The molecule has 9 heteroatoms. The van der Waals surface area contributed by atoms with E-state index in [0.29, 0.717) is 5.46 Å². The van der Waals surface area contributed by atoms with Crippen LogP contribution in [-0.2, 0) is 9.31 Å². The van der Waals surface area contributed by atoms with Crippen molar-refractivity contribution in [1.82, 2.24) is 9.55 Å². The van der Waals surface area contributed by atoms with Crippen molar-refractivity contribution in [2.45, 2.75) is 65.7 Å². The van der Waals surface area contributed by atoms with Gasteiger partial charge in [-0.25, -0.2) is 4.98 Å². The van der Waals surface area contributed by atoms with E-state index in [1.165, 1.54) is 10.8 Å². The van der Waals surface area contributed by atoms with Gasteiger partial charge in [0.1, 0.15) is 11.4 Å². The lowest BCUT2D eigenvalue weighted by atomic mass is 9.78. The van der Waals surface area contributed by atoms with Gasteiger partial charge in [0.05, 0.1) is 26.8 Å². The van der Waals surface area contributed by atoms with E-state index in [4.69, 9.17) is 32.5 Å². The molecule has 1 aromatic heterocycles. The summed E-state index contributed by atoms with van der Waals surface area (Å²) in [5.41, 5.74) is -0.191. The minimum absolute atomic E-state index is 0.105. The van der Waals surface area contributed by atoms with E-state index < -0.39 is 24.1 Å². The molecule has 0 atom stereocenters. The van der Waals surface area contributed by atoms with Crippen molar-refractivity contribution in [2.75, 3.05) is 0 Å². The minimum atomic E-state index is -0.655. The normalized spacial score (nSPS) is 17.6. The SMILES string of the molecule is Cc1nc(C(=O)c2c(Cl)cc(B3OC(C)(C)C(C)(C)O3)cc2Cl)cn(C(C)C)c1=O. The Hall–Kier alpha value is -1.67. The van der Waals surface area contributed by atoms with E-state index in [0.717, 1.165) is 0 Å². The van der Waals surface area contributed by atoms with Crippen LogP contribution in [0.2, 0.25) is 10.0 Å². The van der Waals surface area contributed by atoms with Gasteiger partial charge < -0.3 is 13.9 Å². The molecular weight excluding hydrogens is 426 g/mol. The summed E-state index contributed by atoms with van der Waals surface area (Å²) in [7, 11) is -0.655. The highest BCUT2D eigenvalue weighted by Crippen LogP contribution is 2.37. The maximum atomic E-state index is 13.2. The Labute approximate surface area is 186 Å². The first kappa shape index (κ1) is 23.0. The van der Waals surface area contributed by atoms with E-state index >= 15 is 0 Å². The van der Waals surface area contributed by atoms with Gasteiger partial charge in [-0.15, -0.1) is 0 Å². The third-order valence-corrected chi connectivity index (χ3v) is 6.30. The average molecular weight is 451 g/mol. The van der Waals surface area contributed by atoms with Crippen molar-refractivity contribution >= 4 is 41.6 Å². The van der Waals surface area contributed by atoms with Gasteiger partial charge in [0, 0.05) is 12.2 Å². The lowest BCUT2D eigenvalue weighted by Gasteiger charge is -2.32. The molecular formula is C21H25BCl2N2O4. The fourth-order valence-electron chi connectivity index (χ4n) is 3.18. The largest absolute Gasteiger partial charge is 0.494 e. The molecule has 0 bridgehead atoms. The lowest BCUT2D eigenvalue weighted by Crippen LogP contribution is -2.41. The quantitative estimate of drug-likeness (QED) is 0.520. The Bertz CT molecular complexity index is 1040. The van der Waals surface area contributed by atoms with Gasteiger partial charge in [-0.1, -0.05) is 23.2 Å². The second-order valence-electron chi connectivity index (χ2n) is 8.79. The van der Waals surface area contributed by atoms with Crippen molar-refractivity contribution < 1.29 is 14.1 Å². The highest BCUT2D eigenvalue weighted by Gasteiger charge is 2.52. The van der Waals surface area contributed by atoms with Crippen molar-refractivity contribution in [3.05, 3.63) is 55.7 Å². The van der Waals surface area contributed by atoms with Gasteiger partial charge in [0.15, 0.2) is 0 Å². The fraction of sp³-hybridized carbons (Fsp3) is 0.476. The van der Waals surface area contributed by atoms with Crippen LogP contribution < -0.4 is 11.0 Å². The summed E-state index contributed by atoms with van der Waals surface area (Å²) in [6.07, 6.45) is 1.44. The van der Waals surface area contributed by atoms with E-state index in [2.05, 4.69) is 4.98 Å². The summed E-state index contributed by atoms with van der Waals surface area (Å²) >= 11 is 12.9. The number of benzene rings is 1. The molecule has 3 rings (SSSR count). The molecule has 1 aliphatic heterocycles.